The predicted molar refractivity (Wildman–Crippen MR) is 167 cm³/mol. The Labute approximate surface area is 251 Å². The summed E-state index contributed by atoms with van der Waals surface area (Å²) in [4.78, 5) is 20.1. The molecular weight excluding hydrogens is 538 g/mol. The fraction of sp³-hybridized carbons (Fsp3) is 0.361. The molecule has 7 nitrogen and oxygen atoms in total. The number of ketones is 1. The van der Waals surface area contributed by atoms with Gasteiger partial charge in [0, 0.05) is 52.1 Å². The number of rotatable bonds is 7. The number of hydrogen-bond acceptors (Lipinski definition) is 5. The van der Waals surface area contributed by atoms with Gasteiger partial charge in [0.25, 0.3) is 0 Å². The zero-order valence-electron chi connectivity index (χ0n) is 24.6. The molecule has 2 aliphatic heterocycles. The van der Waals surface area contributed by atoms with Crippen molar-refractivity contribution in [3.05, 3.63) is 76.9 Å². The van der Waals surface area contributed by atoms with E-state index in [0.717, 1.165) is 91.1 Å². The molecule has 0 amide bonds. The number of carbonyl (C=O) groups is 1. The van der Waals surface area contributed by atoms with Gasteiger partial charge in [0.2, 0.25) is 6.79 Å². The zero-order chi connectivity index (χ0) is 28.9. The number of likely N-dealkylation sites (tertiary alicyclic amines) is 1. The number of aromatic amines is 1. The number of nitrogens with zero attached hydrogens (tertiary/aromatic N) is 2. The lowest BCUT2D eigenvalue weighted by atomic mass is 9.91. The highest BCUT2D eigenvalue weighted by atomic mass is 16.7. The summed E-state index contributed by atoms with van der Waals surface area (Å²) in [7, 11) is 1.70. The third kappa shape index (κ3) is 5.06. The third-order valence-corrected chi connectivity index (χ3v) is 9.59. The van der Waals surface area contributed by atoms with Crippen molar-refractivity contribution < 1.29 is 19.0 Å². The molecular formula is C36H37N3O4. The summed E-state index contributed by atoms with van der Waals surface area (Å²) in [6.45, 7) is 3.50. The number of H-pyrrole nitrogens is 1. The van der Waals surface area contributed by atoms with Crippen molar-refractivity contribution >= 4 is 28.3 Å². The van der Waals surface area contributed by atoms with Gasteiger partial charge in [0.15, 0.2) is 17.3 Å². The lowest BCUT2D eigenvalue weighted by Crippen LogP contribution is -2.32. The second-order valence-corrected chi connectivity index (χ2v) is 12.4. The van der Waals surface area contributed by atoms with E-state index in [4.69, 9.17) is 14.2 Å². The van der Waals surface area contributed by atoms with Crippen molar-refractivity contribution in [1.29, 1.82) is 0 Å². The molecule has 7 heteroatoms. The van der Waals surface area contributed by atoms with E-state index in [1.54, 1.807) is 7.11 Å². The number of Topliss-reactive ketones (excluding diaryl/α,β-unsaturated/α-hetero) is 1. The summed E-state index contributed by atoms with van der Waals surface area (Å²) in [5.74, 6) is 3.41. The first-order chi connectivity index (χ1) is 21.1. The van der Waals surface area contributed by atoms with Gasteiger partial charge < -0.3 is 23.8 Å². The quantitative estimate of drug-likeness (QED) is 0.330. The molecule has 2 fully saturated rings. The van der Waals surface area contributed by atoms with Gasteiger partial charge in [-0.2, -0.15) is 0 Å². The number of allylic oxidation sites excluding steroid dienone is 2. The smallest absolute Gasteiger partial charge is 0.231 e. The number of hydrogen-bond donors (Lipinski definition) is 1. The van der Waals surface area contributed by atoms with Crippen LogP contribution in [0.15, 0.2) is 60.8 Å². The Hall–Kier alpha value is -4.23. The van der Waals surface area contributed by atoms with E-state index in [-0.39, 0.29) is 5.92 Å². The number of methoxy groups -OCH3 is 1. The molecule has 1 unspecified atom stereocenters. The molecule has 2 atom stereocenters. The van der Waals surface area contributed by atoms with E-state index in [0.29, 0.717) is 25.0 Å². The fourth-order valence-electron chi connectivity index (χ4n) is 7.10. The Morgan fingerprint density at radius 1 is 1.05 bits per heavy atom. The number of carbonyl (C=O) groups excluding carboxylic acids is 1. The molecule has 43 heavy (non-hydrogen) atoms. The summed E-state index contributed by atoms with van der Waals surface area (Å²) >= 11 is 0. The molecule has 2 aromatic heterocycles. The van der Waals surface area contributed by atoms with Gasteiger partial charge in [-0.25, -0.2) is 0 Å². The average molecular weight is 576 g/mol. The second-order valence-electron chi connectivity index (χ2n) is 12.4. The Bertz CT molecular complexity index is 1880. The lowest BCUT2D eigenvalue weighted by Gasteiger charge is -2.28. The molecule has 0 radical (unpaired) electrons. The number of benzene rings is 2. The maximum absolute atomic E-state index is 13.9. The monoisotopic (exact) mass is 575 g/mol. The van der Waals surface area contributed by atoms with Gasteiger partial charge in [-0.15, -0.1) is 0 Å². The predicted octanol–water partition coefficient (Wildman–Crippen LogP) is 5.16. The van der Waals surface area contributed by atoms with Crippen LogP contribution in [0.5, 0.6) is 17.2 Å². The highest BCUT2D eigenvalue weighted by Crippen LogP contribution is 2.40. The summed E-state index contributed by atoms with van der Waals surface area (Å²) < 4.78 is 18.8. The normalized spacial score (nSPS) is 21.0. The van der Waals surface area contributed by atoms with Gasteiger partial charge in [-0.1, -0.05) is 30.7 Å². The maximum atomic E-state index is 13.9. The molecule has 2 aliphatic carbocycles. The first-order valence-corrected chi connectivity index (χ1v) is 15.5. The molecule has 4 aliphatic rings. The van der Waals surface area contributed by atoms with E-state index < -0.39 is 0 Å². The van der Waals surface area contributed by atoms with E-state index in [9.17, 15) is 4.79 Å². The highest BCUT2D eigenvalue weighted by molar-refractivity contribution is 5.97. The van der Waals surface area contributed by atoms with E-state index in [2.05, 4.69) is 69.2 Å². The summed E-state index contributed by atoms with van der Waals surface area (Å²) in [6, 6.07) is 14.6. The Morgan fingerprint density at radius 2 is 1.98 bits per heavy atom. The van der Waals surface area contributed by atoms with Crippen LogP contribution in [0.2, 0.25) is 0 Å². The molecule has 0 bridgehead atoms. The van der Waals surface area contributed by atoms with Crippen LogP contribution in [0.4, 0.5) is 0 Å². The van der Waals surface area contributed by atoms with Gasteiger partial charge in [-0.05, 0) is 91.5 Å². The van der Waals surface area contributed by atoms with Crippen molar-refractivity contribution in [3.63, 3.8) is 0 Å². The molecule has 1 N–H and O–H groups in total. The molecule has 8 rings (SSSR count). The topological polar surface area (TPSA) is 68.7 Å². The Kier molecular flexibility index (Phi) is 6.63. The van der Waals surface area contributed by atoms with Crippen molar-refractivity contribution in [1.82, 2.24) is 14.5 Å². The van der Waals surface area contributed by atoms with Crippen molar-refractivity contribution in [3.8, 4) is 28.5 Å². The first-order valence-electron chi connectivity index (χ1n) is 15.5. The van der Waals surface area contributed by atoms with Crippen LogP contribution >= 0.6 is 0 Å². The van der Waals surface area contributed by atoms with Crippen LogP contribution in [0.3, 0.4) is 0 Å². The summed E-state index contributed by atoms with van der Waals surface area (Å²) in [5, 5.41) is 3.59. The largest absolute Gasteiger partial charge is 0.497 e. The number of ether oxygens (including phenoxy) is 3. The van der Waals surface area contributed by atoms with Gasteiger partial charge in [0.1, 0.15) is 5.75 Å². The zero-order valence-corrected chi connectivity index (χ0v) is 24.6. The SMILES string of the molecule is COc1ccc2c(c1)c(-c1cc3c([nH]1)=C1CC1C=CC=3)cn2CC(=O)[C@@H]1CCCCN(Cc2ccc3c(c2)OCO3)CC1. The highest BCUT2D eigenvalue weighted by Gasteiger charge is 2.30. The van der Waals surface area contributed by atoms with E-state index >= 15 is 0 Å². The first kappa shape index (κ1) is 26.4. The average Bonchev–Trinajstić information content (AvgIpc) is 3.30. The molecule has 220 valence electrons. The minimum absolute atomic E-state index is 0.0600. The van der Waals surface area contributed by atoms with Gasteiger partial charge in [0.05, 0.1) is 13.7 Å². The number of aromatic nitrogens is 2. The molecule has 0 spiro atoms. The molecule has 1 saturated heterocycles. The van der Waals surface area contributed by atoms with Crippen molar-refractivity contribution in [2.45, 2.75) is 45.2 Å². The van der Waals surface area contributed by atoms with Gasteiger partial charge >= 0.3 is 0 Å². The minimum atomic E-state index is 0.0600. The molecule has 4 aromatic rings. The van der Waals surface area contributed by atoms with Crippen LogP contribution in [0.25, 0.3) is 33.8 Å². The van der Waals surface area contributed by atoms with Crippen LogP contribution in [-0.4, -0.2) is 47.2 Å². The van der Waals surface area contributed by atoms with Crippen molar-refractivity contribution in [2.75, 3.05) is 27.0 Å². The minimum Gasteiger partial charge on any atom is -0.497 e. The Balaban J connectivity index is 1.03. The van der Waals surface area contributed by atoms with Crippen molar-refractivity contribution in [2.24, 2.45) is 11.8 Å². The Morgan fingerprint density at radius 3 is 2.91 bits per heavy atom. The summed E-state index contributed by atoms with van der Waals surface area (Å²) in [6.07, 6.45) is 14.0. The van der Waals surface area contributed by atoms with E-state index in [1.165, 1.54) is 21.7 Å². The molecule has 1 saturated carbocycles. The van der Waals surface area contributed by atoms with Crippen LogP contribution < -0.4 is 24.8 Å². The van der Waals surface area contributed by atoms with Crippen LogP contribution in [-0.2, 0) is 17.9 Å². The molecule has 4 heterocycles. The third-order valence-electron chi connectivity index (χ3n) is 9.59. The summed E-state index contributed by atoms with van der Waals surface area (Å²) in [5.41, 5.74) is 5.96. The fourth-order valence-corrected chi connectivity index (χ4v) is 7.10. The maximum Gasteiger partial charge on any atom is 0.231 e. The van der Waals surface area contributed by atoms with E-state index in [1.807, 2.05) is 12.1 Å². The standard InChI is InChI=1S/C36H37N3O4/c1-41-27-9-10-32-29(18-27)30(31-17-26-7-4-6-25-16-28(25)36(26)37-31)20-39(32)21-33(40)24-5-2-3-13-38(14-12-24)19-23-8-11-34-35(15-23)43-22-42-34/h4,6-11,15,17-18,20,24-25,37H,2-3,5,12-14,16,19,21-22H2,1H3/t24-,25?/m1/s1. The van der Waals surface area contributed by atoms with Gasteiger partial charge in [-0.3, -0.25) is 9.69 Å². The van der Waals surface area contributed by atoms with Crippen LogP contribution in [0, 0.1) is 11.8 Å². The van der Waals surface area contributed by atoms with Crippen LogP contribution in [0.1, 0.15) is 37.7 Å². The molecule has 2 aromatic carbocycles. The second kappa shape index (κ2) is 10.8. The number of nitrogens with one attached hydrogen (secondary N) is 1. The lowest BCUT2D eigenvalue weighted by molar-refractivity contribution is -0.124. The number of fused-ring (bicyclic) bond motifs is 4.